The average Bonchev–Trinajstić information content (AvgIpc) is 3.26. The molecule has 122 valence electrons. The first-order valence-corrected chi connectivity index (χ1v) is 8.22. The van der Waals surface area contributed by atoms with Crippen molar-refractivity contribution in [3.05, 3.63) is 47.3 Å². The molecule has 0 amide bonds. The molecule has 2 aromatic heterocycles. The van der Waals surface area contributed by atoms with Gasteiger partial charge in [-0.3, -0.25) is 4.99 Å². The van der Waals surface area contributed by atoms with Gasteiger partial charge < -0.3 is 4.98 Å². The highest BCUT2D eigenvalue weighted by Gasteiger charge is 2.17. The first kappa shape index (κ1) is 14.8. The summed E-state index contributed by atoms with van der Waals surface area (Å²) in [6.07, 6.45) is 1.92. The van der Waals surface area contributed by atoms with Crippen LogP contribution in [0.25, 0.3) is 11.0 Å². The van der Waals surface area contributed by atoms with E-state index in [0.29, 0.717) is 12.5 Å². The minimum Gasteiger partial charge on any atom is -0.358 e. The van der Waals surface area contributed by atoms with E-state index in [1.807, 2.05) is 16.9 Å². The van der Waals surface area contributed by atoms with Gasteiger partial charge in [0, 0.05) is 18.3 Å². The molecule has 3 aromatic rings. The summed E-state index contributed by atoms with van der Waals surface area (Å²) in [5.41, 5.74) is 6.15. The maximum Gasteiger partial charge on any atom is 0.172 e. The molecular weight excluding hydrogens is 300 g/mol. The Hall–Kier alpha value is -2.76. The molecular formula is C18H20N6. The van der Waals surface area contributed by atoms with Crippen molar-refractivity contribution >= 4 is 22.6 Å². The number of H-pyrrole nitrogens is 1. The van der Waals surface area contributed by atoms with Crippen molar-refractivity contribution in [2.45, 2.75) is 27.3 Å². The van der Waals surface area contributed by atoms with Crippen molar-refractivity contribution in [3.63, 3.8) is 0 Å². The Morgan fingerprint density at radius 2 is 2.12 bits per heavy atom. The first-order valence-electron chi connectivity index (χ1n) is 8.22. The van der Waals surface area contributed by atoms with Gasteiger partial charge in [0.05, 0.1) is 23.5 Å². The van der Waals surface area contributed by atoms with Crippen LogP contribution in [0.4, 0.5) is 0 Å². The second-order valence-electron chi connectivity index (χ2n) is 6.60. The van der Waals surface area contributed by atoms with Crippen LogP contribution < -0.4 is 0 Å². The predicted octanol–water partition coefficient (Wildman–Crippen LogP) is 2.97. The predicted molar refractivity (Wildman–Crippen MR) is 95.8 cm³/mol. The van der Waals surface area contributed by atoms with Crippen LogP contribution in [0.3, 0.4) is 0 Å². The highest BCUT2D eigenvalue weighted by molar-refractivity contribution is 6.17. The summed E-state index contributed by atoms with van der Waals surface area (Å²) in [5, 5.41) is 8.56. The molecule has 0 atom stereocenters. The highest BCUT2D eigenvalue weighted by Crippen LogP contribution is 2.19. The number of nitrogens with zero attached hydrogens (tertiary/aromatic N) is 5. The van der Waals surface area contributed by atoms with Crippen molar-refractivity contribution in [2.75, 3.05) is 6.54 Å². The van der Waals surface area contributed by atoms with Gasteiger partial charge in [0.2, 0.25) is 0 Å². The lowest BCUT2D eigenvalue weighted by molar-refractivity contribution is 0.483. The van der Waals surface area contributed by atoms with Crippen molar-refractivity contribution in [1.29, 1.82) is 0 Å². The van der Waals surface area contributed by atoms with Gasteiger partial charge in [-0.15, -0.1) is 5.10 Å². The number of benzene rings is 1. The lowest BCUT2D eigenvalue weighted by Crippen LogP contribution is -2.06. The third-order valence-electron chi connectivity index (χ3n) is 4.18. The summed E-state index contributed by atoms with van der Waals surface area (Å²) in [4.78, 5) is 12.5. The number of aromatic nitrogens is 4. The molecule has 3 heterocycles. The Labute approximate surface area is 140 Å². The molecule has 0 aliphatic carbocycles. The summed E-state index contributed by atoms with van der Waals surface area (Å²) < 4.78 is 1.96. The Kier molecular flexibility index (Phi) is 3.52. The zero-order valence-electron chi connectivity index (χ0n) is 14.1. The quantitative estimate of drug-likeness (QED) is 0.803. The molecule has 6 nitrogen and oxygen atoms in total. The lowest BCUT2D eigenvalue weighted by Gasteiger charge is -2.05. The van der Waals surface area contributed by atoms with Gasteiger partial charge in [0.15, 0.2) is 5.84 Å². The molecule has 1 N–H and O–H groups in total. The van der Waals surface area contributed by atoms with Crippen LogP contribution in [-0.4, -0.2) is 38.1 Å². The summed E-state index contributed by atoms with van der Waals surface area (Å²) in [6.45, 7) is 7.88. The largest absolute Gasteiger partial charge is 0.358 e. The molecule has 0 radical (unpaired) electrons. The molecule has 1 aliphatic rings. The second-order valence-corrected chi connectivity index (χ2v) is 6.60. The van der Waals surface area contributed by atoms with Gasteiger partial charge in [-0.1, -0.05) is 25.1 Å². The van der Waals surface area contributed by atoms with Crippen molar-refractivity contribution in [2.24, 2.45) is 15.9 Å². The number of fused-ring (bicyclic) bond motifs is 1. The van der Waals surface area contributed by atoms with Crippen LogP contribution in [0.1, 0.15) is 30.7 Å². The molecule has 6 heteroatoms. The van der Waals surface area contributed by atoms with Gasteiger partial charge in [-0.25, -0.2) is 9.67 Å². The molecule has 0 fully saturated rings. The van der Waals surface area contributed by atoms with E-state index < -0.39 is 0 Å². The number of amidine groups is 1. The Bertz CT molecular complexity index is 957. The number of rotatable bonds is 4. The van der Waals surface area contributed by atoms with E-state index in [0.717, 1.165) is 45.9 Å². The standard InChI is InChI=1S/C18H20N6/c1-11(2)10-24-16-5-4-13(8-14(16)22-23-24)15-9-20-18(21-15)17-12(3)6-7-19-17/h4-8,11,19H,9-10H2,1-3H3. The fourth-order valence-corrected chi connectivity index (χ4v) is 2.96. The van der Waals surface area contributed by atoms with E-state index in [4.69, 9.17) is 4.99 Å². The molecule has 24 heavy (non-hydrogen) atoms. The number of aliphatic imine (C=N–C) groups is 2. The van der Waals surface area contributed by atoms with Crippen LogP contribution in [-0.2, 0) is 6.54 Å². The Balaban J connectivity index is 1.65. The summed E-state index contributed by atoms with van der Waals surface area (Å²) in [6, 6.07) is 8.25. The van der Waals surface area contributed by atoms with Crippen molar-refractivity contribution in [1.82, 2.24) is 20.0 Å². The number of aromatic amines is 1. The third kappa shape index (κ3) is 2.54. The van der Waals surface area contributed by atoms with E-state index in [-0.39, 0.29) is 0 Å². The summed E-state index contributed by atoms with van der Waals surface area (Å²) in [5.74, 6) is 1.31. The number of hydrogen-bond donors (Lipinski definition) is 1. The maximum atomic E-state index is 4.70. The third-order valence-corrected chi connectivity index (χ3v) is 4.18. The lowest BCUT2D eigenvalue weighted by atomic mass is 10.1. The smallest absolute Gasteiger partial charge is 0.172 e. The van der Waals surface area contributed by atoms with Gasteiger partial charge in [0.25, 0.3) is 0 Å². The minimum absolute atomic E-state index is 0.536. The SMILES string of the molecule is Cc1cc[nH]c1C1=NCC(c2ccc3c(c2)nnn3CC(C)C)=N1. The number of aryl methyl sites for hydroxylation is 1. The average molecular weight is 320 g/mol. The van der Waals surface area contributed by atoms with Gasteiger partial charge in [-0.2, -0.15) is 0 Å². The van der Waals surface area contributed by atoms with Crippen LogP contribution in [0.15, 0.2) is 40.4 Å². The first-order chi connectivity index (χ1) is 11.6. The fourth-order valence-electron chi connectivity index (χ4n) is 2.96. The minimum atomic E-state index is 0.536. The molecule has 0 unspecified atom stereocenters. The molecule has 0 bridgehead atoms. The zero-order valence-corrected chi connectivity index (χ0v) is 14.1. The molecule has 0 saturated heterocycles. The van der Waals surface area contributed by atoms with Crippen molar-refractivity contribution in [3.8, 4) is 0 Å². The zero-order chi connectivity index (χ0) is 16.7. The van der Waals surface area contributed by atoms with E-state index >= 15 is 0 Å². The monoisotopic (exact) mass is 320 g/mol. The molecule has 1 aromatic carbocycles. The Morgan fingerprint density at radius 3 is 2.88 bits per heavy atom. The van der Waals surface area contributed by atoms with E-state index in [2.05, 4.69) is 59.3 Å². The maximum absolute atomic E-state index is 4.70. The number of nitrogens with one attached hydrogen (secondary N) is 1. The Morgan fingerprint density at radius 1 is 1.25 bits per heavy atom. The van der Waals surface area contributed by atoms with Crippen molar-refractivity contribution < 1.29 is 0 Å². The van der Waals surface area contributed by atoms with E-state index in [9.17, 15) is 0 Å². The molecule has 0 spiro atoms. The fraction of sp³-hybridized carbons (Fsp3) is 0.333. The van der Waals surface area contributed by atoms with Crippen LogP contribution in [0.5, 0.6) is 0 Å². The molecule has 4 rings (SSSR count). The van der Waals surface area contributed by atoms with Gasteiger partial charge in [0.1, 0.15) is 5.52 Å². The van der Waals surface area contributed by atoms with Crippen LogP contribution in [0, 0.1) is 12.8 Å². The molecule has 0 saturated carbocycles. The highest BCUT2D eigenvalue weighted by atomic mass is 15.4. The summed E-state index contributed by atoms with van der Waals surface area (Å²) >= 11 is 0. The van der Waals surface area contributed by atoms with E-state index in [1.54, 1.807) is 0 Å². The van der Waals surface area contributed by atoms with Gasteiger partial charge >= 0.3 is 0 Å². The van der Waals surface area contributed by atoms with E-state index in [1.165, 1.54) is 0 Å². The summed E-state index contributed by atoms with van der Waals surface area (Å²) in [7, 11) is 0. The second kappa shape index (κ2) is 5.70. The molecule has 1 aliphatic heterocycles. The normalized spacial score (nSPS) is 14.5. The van der Waals surface area contributed by atoms with Crippen LogP contribution in [0.2, 0.25) is 0 Å². The van der Waals surface area contributed by atoms with Crippen LogP contribution >= 0.6 is 0 Å². The topological polar surface area (TPSA) is 71.2 Å². The van der Waals surface area contributed by atoms with Gasteiger partial charge in [-0.05, 0) is 36.6 Å². The number of hydrogen-bond acceptors (Lipinski definition) is 4.